The van der Waals surface area contributed by atoms with Crippen molar-refractivity contribution >= 4 is 11.0 Å². The molecule has 1 aromatic carbocycles. The van der Waals surface area contributed by atoms with Crippen LogP contribution in [0.4, 0.5) is 0 Å². The topological polar surface area (TPSA) is 101 Å². The van der Waals surface area contributed by atoms with E-state index in [2.05, 4.69) is 15.0 Å². The number of H-pyrrole nitrogens is 1. The summed E-state index contributed by atoms with van der Waals surface area (Å²) < 4.78 is 11.6. The third kappa shape index (κ3) is 3.15. The van der Waals surface area contributed by atoms with Gasteiger partial charge >= 0.3 is 0 Å². The molecule has 0 aliphatic carbocycles. The van der Waals surface area contributed by atoms with Crippen LogP contribution in [0.3, 0.4) is 0 Å². The molecule has 0 aliphatic heterocycles. The Morgan fingerprint density at radius 1 is 1.15 bits per heavy atom. The van der Waals surface area contributed by atoms with E-state index in [1.165, 1.54) is 0 Å². The Morgan fingerprint density at radius 2 is 1.93 bits per heavy atom. The molecule has 2 N–H and O–H groups in total. The number of aromatic hydroxyl groups is 1. The second kappa shape index (κ2) is 6.60. The third-order valence-electron chi connectivity index (χ3n) is 4.39. The Labute approximate surface area is 154 Å². The van der Waals surface area contributed by atoms with Crippen LogP contribution in [0.25, 0.3) is 22.4 Å². The monoisotopic (exact) mass is 363 g/mol. The fraction of sp³-hybridized carbons (Fsp3) is 0.150. The molecule has 7 heteroatoms. The standard InChI is InChI=1S/C20H17N3O4/c1-11-18(23-20(25)12(2)19(11)24)16-9-13-8-14(4-5-15(13)27-16)26-10-17-21-6-3-7-22-17/h3-9H,10H2,1-2H3,(H2,23,24,25). The molecule has 0 atom stereocenters. The summed E-state index contributed by atoms with van der Waals surface area (Å²) in [6.07, 6.45) is 3.33. The zero-order chi connectivity index (χ0) is 19.0. The van der Waals surface area contributed by atoms with Gasteiger partial charge in [-0.15, -0.1) is 0 Å². The molecule has 0 fully saturated rings. The molecular weight excluding hydrogens is 346 g/mol. The number of aromatic nitrogens is 3. The number of nitrogens with one attached hydrogen (secondary N) is 1. The fourth-order valence-corrected chi connectivity index (χ4v) is 2.84. The van der Waals surface area contributed by atoms with Gasteiger partial charge in [-0.1, -0.05) is 0 Å². The maximum absolute atomic E-state index is 12.0. The van der Waals surface area contributed by atoms with Gasteiger partial charge in [0.05, 0.1) is 11.3 Å². The first kappa shape index (κ1) is 16.8. The highest BCUT2D eigenvalue weighted by Crippen LogP contribution is 2.33. The Kier molecular flexibility index (Phi) is 4.12. The number of ether oxygens (including phenoxy) is 1. The minimum atomic E-state index is -0.347. The van der Waals surface area contributed by atoms with Crippen molar-refractivity contribution in [2.24, 2.45) is 0 Å². The fourth-order valence-electron chi connectivity index (χ4n) is 2.84. The Morgan fingerprint density at radius 3 is 2.70 bits per heavy atom. The van der Waals surface area contributed by atoms with E-state index in [0.29, 0.717) is 34.2 Å². The highest BCUT2D eigenvalue weighted by Gasteiger charge is 2.16. The first-order valence-corrected chi connectivity index (χ1v) is 8.38. The average Bonchev–Trinajstić information content (AvgIpc) is 3.11. The normalized spacial score (nSPS) is 11.0. The van der Waals surface area contributed by atoms with E-state index in [1.54, 1.807) is 50.5 Å². The molecule has 27 heavy (non-hydrogen) atoms. The molecule has 4 rings (SSSR count). The average molecular weight is 363 g/mol. The third-order valence-corrected chi connectivity index (χ3v) is 4.39. The Hall–Kier alpha value is -3.61. The van der Waals surface area contributed by atoms with E-state index in [1.807, 2.05) is 6.07 Å². The first-order chi connectivity index (χ1) is 13.0. The summed E-state index contributed by atoms with van der Waals surface area (Å²) in [4.78, 5) is 23.0. The van der Waals surface area contributed by atoms with Crippen LogP contribution < -0.4 is 10.3 Å². The quantitative estimate of drug-likeness (QED) is 0.576. The van der Waals surface area contributed by atoms with Crippen molar-refractivity contribution in [1.82, 2.24) is 15.0 Å². The van der Waals surface area contributed by atoms with Gasteiger partial charge < -0.3 is 19.2 Å². The molecule has 3 aromatic heterocycles. The predicted molar refractivity (Wildman–Crippen MR) is 99.8 cm³/mol. The molecule has 136 valence electrons. The van der Waals surface area contributed by atoms with E-state index < -0.39 is 0 Å². The lowest BCUT2D eigenvalue weighted by atomic mass is 10.1. The Balaban J connectivity index is 1.66. The van der Waals surface area contributed by atoms with Gasteiger partial charge in [0.25, 0.3) is 5.56 Å². The first-order valence-electron chi connectivity index (χ1n) is 8.38. The smallest absolute Gasteiger partial charge is 0.255 e. The molecule has 4 aromatic rings. The van der Waals surface area contributed by atoms with Crippen LogP contribution >= 0.6 is 0 Å². The van der Waals surface area contributed by atoms with Crippen molar-refractivity contribution in [3.8, 4) is 23.0 Å². The van der Waals surface area contributed by atoms with Crippen molar-refractivity contribution in [2.45, 2.75) is 20.5 Å². The number of rotatable bonds is 4. The molecule has 0 saturated heterocycles. The molecular formula is C20H17N3O4. The zero-order valence-electron chi connectivity index (χ0n) is 14.8. The predicted octanol–water partition coefficient (Wildman–Crippen LogP) is 3.48. The largest absolute Gasteiger partial charge is 0.507 e. The van der Waals surface area contributed by atoms with Crippen molar-refractivity contribution in [2.75, 3.05) is 0 Å². The Bertz CT molecular complexity index is 1180. The van der Waals surface area contributed by atoms with Gasteiger partial charge in [-0.25, -0.2) is 9.97 Å². The maximum atomic E-state index is 12.0. The number of fused-ring (bicyclic) bond motifs is 1. The van der Waals surface area contributed by atoms with Crippen LogP contribution in [-0.2, 0) is 6.61 Å². The van der Waals surface area contributed by atoms with E-state index in [0.717, 1.165) is 5.39 Å². The van der Waals surface area contributed by atoms with Crippen molar-refractivity contribution < 1.29 is 14.3 Å². The van der Waals surface area contributed by atoms with Crippen molar-refractivity contribution in [3.63, 3.8) is 0 Å². The molecule has 0 saturated carbocycles. The molecule has 0 radical (unpaired) electrons. The minimum absolute atomic E-state index is 0.0268. The summed E-state index contributed by atoms with van der Waals surface area (Å²) in [7, 11) is 0. The van der Waals surface area contributed by atoms with Crippen LogP contribution in [0.15, 0.2) is 51.9 Å². The van der Waals surface area contributed by atoms with Gasteiger partial charge in [-0.05, 0) is 44.2 Å². The number of aromatic amines is 1. The molecule has 7 nitrogen and oxygen atoms in total. The van der Waals surface area contributed by atoms with Crippen molar-refractivity contribution in [1.29, 1.82) is 0 Å². The molecule has 3 heterocycles. The zero-order valence-corrected chi connectivity index (χ0v) is 14.8. The molecule has 0 bridgehead atoms. The van der Waals surface area contributed by atoms with Crippen LogP contribution in [-0.4, -0.2) is 20.1 Å². The highest BCUT2D eigenvalue weighted by molar-refractivity contribution is 5.84. The van der Waals surface area contributed by atoms with Crippen LogP contribution in [0, 0.1) is 13.8 Å². The number of hydrogen-bond acceptors (Lipinski definition) is 6. The number of benzene rings is 1. The van der Waals surface area contributed by atoms with Gasteiger partial charge in [0, 0.05) is 23.3 Å². The van der Waals surface area contributed by atoms with E-state index >= 15 is 0 Å². The van der Waals surface area contributed by atoms with Crippen LogP contribution in [0.1, 0.15) is 17.0 Å². The summed E-state index contributed by atoms with van der Waals surface area (Å²) in [5.74, 6) is 1.69. The maximum Gasteiger partial charge on any atom is 0.255 e. The highest BCUT2D eigenvalue weighted by atomic mass is 16.5. The van der Waals surface area contributed by atoms with Gasteiger partial charge in [-0.3, -0.25) is 4.79 Å². The van der Waals surface area contributed by atoms with Crippen molar-refractivity contribution in [3.05, 3.63) is 70.0 Å². The molecule has 0 amide bonds. The number of pyridine rings is 1. The summed E-state index contributed by atoms with van der Waals surface area (Å²) in [6, 6.07) is 8.97. The number of nitrogens with zero attached hydrogens (tertiary/aromatic N) is 2. The summed E-state index contributed by atoms with van der Waals surface area (Å²) >= 11 is 0. The van der Waals surface area contributed by atoms with Gasteiger partial charge in [0.15, 0.2) is 11.6 Å². The summed E-state index contributed by atoms with van der Waals surface area (Å²) in [5, 5.41) is 10.9. The van der Waals surface area contributed by atoms with Gasteiger partial charge in [0.2, 0.25) is 0 Å². The lowest BCUT2D eigenvalue weighted by Gasteiger charge is -2.06. The van der Waals surface area contributed by atoms with E-state index in [9.17, 15) is 9.90 Å². The second-order valence-electron chi connectivity index (χ2n) is 6.19. The molecule has 0 aliphatic rings. The van der Waals surface area contributed by atoms with Gasteiger partial charge in [0.1, 0.15) is 23.7 Å². The second-order valence-corrected chi connectivity index (χ2v) is 6.19. The lowest BCUT2D eigenvalue weighted by molar-refractivity contribution is 0.296. The van der Waals surface area contributed by atoms with Gasteiger partial charge in [-0.2, -0.15) is 0 Å². The number of hydrogen-bond donors (Lipinski definition) is 2. The molecule has 0 spiro atoms. The van der Waals surface area contributed by atoms with Crippen LogP contribution in [0.5, 0.6) is 11.5 Å². The minimum Gasteiger partial charge on any atom is -0.507 e. The summed E-state index contributed by atoms with van der Waals surface area (Å²) in [5.41, 5.74) is 1.60. The van der Waals surface area contributed by atoms with E-state index in [-0.39, 0.29) is 23.5 Å². The SMILES string of the molecule is Cc1c(-c2cc3cc(OCc4ncccn4)ccc3o2)[nH]c(=O)c(C)c1O. The lowest BCUT2D eigenvalue weighted by Crippen LogP contribution is -2.11. The van der Waals surface area contributed by atoms with E-state index in [4.69, 9.17) is 9.15 Å². The van der Waals surface area contributed by atoms with Crippen LogP contribution in [0.2, 0.25) is 0 Å². The number of furan rings is 1. The molecule has 0 unspecified atom stereocenters. The summed E-state index contributed by atoms with van der Waals surface area (Å²) in [6.45, 7) is 3.56.